The topological polar surface area (TPSA) is 47.6 Å². The van der Waals surface area contributed by atoms with Crippen LogP contribution >= 0.6 is 0 Å². The van der Waals surface area contributed by atoms with Crippen LogP contribution in [0.3, 0.4) is 0 Å². The van der Waals surface area contributed by atoms with Crippen LogP contribution in [0.2, 0.25) is 0 Å². The molecule has 2 bridgehead atoms. The highest BCUT2D eigenvalue weighted by molar-refractivity contribution is 5.76. The quantitative estimate of drug-likeness (QED) is 0.913. The van der Waals surface area contributed by atoms with Gasteiger partial charge in [-0.15, -0.1) is 0 Å². The molecule has 2 aliphatic heterocycles. The molecular weight excluding hydrogens is 278 g/mol. The largest absolute Gasteiger partial charge is 0.490 e. The van der Waals surface area contributed by atoms with Gasteiger partial charge in [-0.2, -0.15) is 0 Å². The van der Waals surface area contributed by atoms with Crippen LogP contribution in [0.1, 0.15) is 44.6 Å². The van der Waals surface area contributed by atoms with Gasteiger partial charge >= 0.3 is 0 Å². The molecule has 3 rings (SSSR count). The Morgan fingerprint density at radius 2 is 2.00 bits per heavy atom. The normalized spacial score (nSPS) is 21.1. The van der Waals surface area contributed by atoms with E-state index in [9.17, 15) is 4.79 Å². The van der Waals surface area contributed by atoms with Gasteiger partial charge in [-0.25, -0.2) is 0 Å². The van der Waals surface area contributed by atoms with Crippen molar-refractivity contribution >= 4 is 5.91 Å². The summed E-state index contributed by atoms with van der Waals surface area (Å²) in [7, 11) is 0. The molecule has 1 amide bonds. The average Bonchev–Trinajstić information content (AvgIpc) is 2.52. The van der Waals surface area contributed by atoms with Gasteiger partial charge in [0.2, 0.25) is 5.91 Å². The Hall–Kier alpha value is -1.55. The lowest BCUT2D eigenvalue weighted by Gasteiger charge is -2.19. The second-order valence-electron chi connectivity index (χ2n) is 5.78. The monoisotopic (exact) mass is 305 g/mol. The number of rotatable bonds is 2. The molecule has 1 aromatic rings. The number of nitrogens with one attached hydrogen (secondary N) is 1. The lowest BCUT2D eigenvalue weighted by molar-refractivity contribution is -0.121. The molecule has 1 N–H and O–H groups in total. The molecule has 4 nitrogen and oxygen atoms in total. The van der Waals surface area contributed by atoms with Gasteiger partial charge in [0.25, 0.3) is 0 Å². The van der Waals surface area contributed by atoms with Gasteiger partial charge in [0.05, 0.1) is 12.7 Å². The summed E-state index contributed by atoms with van der Waals surface area (Å²) in [4.78, 5) is 11.7. The number of amides is 1. The van der Waals surface area contributed by atoms with Gasteiger partial charge in [0, 0.05) is 19.6 Å². The third kappa shape index (κ3) is 6.06. The summed E-state index contributed by atoms with van der Waals surface area (Å²) in [6.45, 7) is 4.08. The van der Waals surface area contributed by atoms with Gasteiger partial charge in [-0.3, -0.25) is 4.79 Å². The van der Waals surface area contributed by atoms with E-state index in [2.05, 4.69) is 24.4 Å². The molecule has 0 aliphatic carbocycles. The predicted molar refractivity (Wildman–Crippen MR) is 87.1 cm³/mol. The van der Waals surface area contributed by atoms with Crippen LogP contribution in [0.4, 0.5) is 0 Å². The van der Waals surface area contributed by atoms with E-state index < -0.39 is 0 Å². The minimum absolute atomic E-state index is 0.0824. The Bertz CT molecular complexity index is 444. The van der Waals surface area contributed by atoms with Crippen LogP contribution in [-0.4, -0.2) is 31.8 Å². The van der Waals surface area contributed by atoms with Gasteiger partial charge in [0.1, 0.15) is 5.75 Å². The zero-order valence-corrected chi connectivity index (χ0v) is 13.5. The van der Waals surface area contributed by atoms with E-state index in [-0.39, 0.29) is 12.0 Å². The van der Waals surface area contributed by atoms with Crippen molar-refractivity contribution in [1.82, 2.24) is 5.32 Å². The molecule has 0 fully saturated rings. The maximum Gasteiger partial charge on any atom is 0.220 e. The lowest BCUT2D eigenvalue weighted by Crippen LogP contribution is -2.27. The zero-order valence-electron chi connectivity index (χ0n) is 13.5. The summed E-state index contributed by atoms with van der Waals surface area (Å²) in [5, 5.41) is 2.90. The second kappa shape index (κ2) is 9.46. The number of ether oxygens (including phenoxy) is 2. The fourth-order valence-corrected chi connectivity index (χ4v) is 2.64. The maximum absolute atomic E-state index is 11.7. The van der Waals surface area contributed by atoms with E-state index in [0.717, 1.165) is 50.0 Å². The van der Waals surface area contributed by atoms with Crippen LogP contribution in [0, 0.1) is 0 Å². The Morgan fingerprint density at radius 3 is 2.77 bits per heavy atom. The van der Waals surface area contributed by atoms with Crippen LogP contribution in [0.5, 0.6) is 5.75 Å². The highest BCUT2D eigenvalue weighted by Gasteiger charge is 2.10. The van der Waals surface area contributed by atoms with E-state index in [0.29, 0.717) is 19.6 Å². The smallest absolute Gasteiger partial charge is 0.220 e. The fraction of sp³-hybridized carbons (Fsp3) is 0.611. The van der Waals surface area contributed by atoms with Crippen molar-refractivity contribution in [2.75, 3.05) is 19.8 Å². The van der Waals surface area contributed by atoms with Crippen molar-refractivity contribution < 1.29 is 14.3 Å². The lowest BCUT2D eigenvalue weighted by atomic mass is 10.1. The first-order valence-electron chi connectivity index (χ1n) is 8.38. The molecule has 4 heteroatoms. The Kier molecular flexibility index (Phi) is 7.23. The molecule has 22 heavy (non-hydrogen) atoms. The average molecular weight is 305 g/mol. The molecule has 122 valence electrons. The van der Waals surface area contributed by atoms with E-state index >= 15 is 0 Å². The van der Waals surface area contributed by atoms with Crippen LogP contribution in [0.15, 0.2) is 24.3 Å². The Labute approximate surface area is 133 Å². The van der Waals surface area contributed by atoms with Crippen molar-refractivity contribution in [2.24, 2.45) is 0 Å². The minimum Gasteiger partial charge on any atom is -0.490 e. The number of carbonyl (C=O) groups is 1. The summed E-state index contributed by atoms with van der Waals surface area (Å²) < 4.78 is 11.7. The van der Waals surface area contributed by atoms with Crippen molar-refractivity contribution in [3.8, 4) is 5.75 Å². The summed E-state index contributed by atoms with van der Waals surface area (Å²) in [5.41, 5.74) is 1.16. The first-order valence-corrected chi connectivity index (χ1v) is 8.38. The van der Waals surface area contributed by atoms with E-state index in [1.54, 1.807) is 0 Å². The highest BCUT2D eigenvalue weighted by atomic mass is 16.5. The molecule has 0 radical (unpaired) electrons. The number of benzene rings is 1. The minimum atomic E-state index is 0.0824. The molecule has 2 heterocycles. The van der Waals surface area contributed by atoms with Crippen molar-refractivity contribution in [3.05, 3.63) is 29.8 Å². The van der Waals surface area contributed by atoms with Gasteiger partial charge in [0.15, 0.2) is 0 Å². The third-order valence-electron chi connectivity index (χ3n) is 3.86. The van der Waals surface area contributed by atoms with Gasteiger partial charge in [-0.05, 0) is 43.4 Å². The number of hydrogen-bond acceptors (Lipinski definition) is 3. The molecule has 0 saturated carbocycles. The molecule has 0 aromatic heterocycles. The summed E-state index contributed by atoms with van der Waals surface area (Å²) in [6.07, 6.45) is 5.70. The summed E-state index contributed by atoms with van der Waals surface area (Å²) in [6, 6.07) is 8.14. The van der Waals surface area contributed by atoms with Crippen LogP contribution in [0.25, 0.3) is 0 Å². The molecule has 1 unspecified atom stereocenters. The summed E-state index contributed by atoms with van der Waals surface area (Å²) >= 11 is 0. The van der Waals surface area contributed by atoms with E-state index in [1.807, 2.05) is 12.1 Å². The highest BCUT2D eigenvalue weighted by Crippen LogP contribution is 2.19. The Balaban J connectivity index is 2.00. The number of fused-ring (bicyclic) bond motifs is 13. The molecule has 0 saturated heterocycles. The zero-order chi connectivity index (χ0) is 15.6. The fourth-order valence-electron chi connectivity index (χ4n) is 2.64. The Morgan fingerprint density at radius 1 is 1.18 bits per heavy atom. The van der Waals surface area contributed by atoms with Crippen LogP contribution in [-0.2, 0) is 16.0 Å². The first-order chi connectivity index (χ1) is 10.8. The molecule has 2 aliphatic rings. The van der Waals surface area contributed by atoms with Crippen molar-refractivity contribution in [2.45, 2.75) is 51.6 Å². The number of hydrogen-bond donors (Lipinski definition) is 1. The third-order valence-corrected chi connectivity index (χ3v) is 3.86. The van der Waals surface area contributed by atoms with E-state index in [4.69, 9.17) is 9.47 Å². The first kappa shape index (κ1) is 16.8. The molecule has 1 aromatic carbocycles. The predicted octanol–water partition coefficient (Wildman–Crippen LogP) is 3.09. The second-order valence-corrected chi connectivity index (χ2v) is 5.78. The summed E-state index contributed by atoms with van der Waals surface area (Å²) in [5.74, 6) is 0.999. The van der Waals surface area contributed by atoms with Crippen molar-refractivity contribution in [3.63, 3.8) is 0 Å². The van der Waals surface area contributed by atoms with Gasteiger partial charge < -0.3 is 14.8 Å². The maximum atomic E-state index is 11.7. The number of carbonyl (C=O) groups excluding carboxylic acids is 1. The van der Waals surface area contributed by atoms with Crippen molar-refractivity contribution in [1.29, 1.82) is 0 Å². The standard InChI is InChI=1S/C18H27NO3/c1-2-4-16-5-3-13-21-14-12-19-18(20)11-8-15-6-9-17(22-16)10-7-15/h6-7,9-10,16H,2-5,8,11-14H2,1H3,(H,19,20). The van der Waals surface area contributed by atoms with E-state index in [1.165, 1.54) is 0 Å². The van der Waals surface area contributed by atoms with Gasteiger partial charge in [-0.1, -0.05) is 25.5 Å². The molecule has 0 spiro atoms. The SMILES string of the molecule is CCCC1CCCOCCNC(=O)CCc2ccc(cc2)O1. The molecular formula is C18H27NO3. The molecule has 1 atom stereocenters. The number of aryl methyl sites for hydroxylation is 1. The van der Waals surface area contributed by atoms with Crippen LogP contribution < -0.4 is 10.1 Å².